The lowest BCUT2D eigenvalue weighted by atomic mass is 9.97. The average molecular weight is 508 g/mol. The molecular formula is C25H21IN2O2. The van der Waals surface area contributed by atoms with Gasteiger partial charge in [-0.2, -0.15) is 4.57 Å². The maximum Gasteiger partial charge on any atom is 0.342 e. The van der Waals surface area contributed by atoms with Crippen molar-refractivity contribution >= 4 is 38.5 Å². The van der Waals surface area contributed by atoms with Crippen molar-refractivity contribution in [3.63, 3.8) is 0 Å². The molecule has 0 atom stereocenters. The van der Waals surface area contributed by atoms with Crippen LogP contribution < -0.4 is 28.5 Å². The summed E-state index contributed by atoms with van der Waals surface area (Å²) in [6.45, 7) is 4.48. The number of halogens is 1. The highest BCUT2D eigenvalue weighted by molar-refractivity contribution is 6.16. The zero-order valence-corrected chi connectivity index (χ0v) is 18.9. The van der Waals surface area contributed by atoms with E-state index >= 15 is 0 Å². The molecule has 2 aromatic heterocycles. The summed E-state index contributed by atoms with van der Waals surface area (Å²) < 4.78 is 7.41. The number of hydrogen-bond acceptors (Lipinski definition) is 2. The average Bonchev–Trinajstić information content (AvgIpc) is 3.16. The molecule has 5 heteroatoms. The molecule has 0 aliphatic heterocycles. The van der Waals surface area contributed by atoms with Crippen LogP contribution in [0.15, 0.2) is 73.1 Å². The van der Waals surface area contributed by atoms with Crippen LogP contribution in [0.4, 0.5) is 0 Å². The number of nitrogens with zero attached hydrogens (tertiary/aromatic N) is 1. The Morgan fingerprint density at radius 1 is 0.900 bits per heavy atom. The first-order chi connectivity index (χ1) is 14.1. The zero-order valence-electron chi connectivity index (χ0n) is 16.8. The van der Waals surface area contributed by atoms with Crippen molar-refractivity contribution in [2.24, 2.45) is 0 Å². The fraction of sp³-hybridized carbons (Fsp3) is 0.120. The number of pyridine rings is 1. The number of aromatic amines is 1. The highest BCUT2D eigenvalue weighted by atomic mass is 127. The first-order valence-corrected chi connectivity index (χ1v) is 9.68. The van der Waals surface area contributed by atoms with Crippen LogP contribution in [-0.4, -0.2) is 11.0 Å². The van der Waals surface area contributed by atoms with Crippen LogP contribution in [0.2, 0.25) is 0 Å². The maximum absolute atomic E-state index is 12.2. The minimum Gasteiger partial charge on any atom is -1.00 e. The molecule has 0 saturated heterocycles. The molecular weight excluding hydrogens is 487 g/mol. The molecule has 0 aliphatic carbocycles. The number of para-hydroxylation sites is 1. The van der Waals surface area contributed by atoms with E-state index in [9.17, 15) is 4.79 Å². The summed E-state index contributed by atoms with van der Waals surface area (Å²) in [5.41, 5.74) is 5.34. The number of esters is 1. The molecule has 0 aliphatic rings. The highest BCUT2D eigenvalue weighted by Gasteiger charge is 2.17. The number of carbonyl (C=O) groups excluding carboxylic acids is 1. The predicted octanol–water partition coefficient (Wildman–Crippen LogP) is 2.20. The third-order valence-corrected chi connectivity index (χ3v) is 5.64. The Hall–Kier alpha value is -2.93. The minimum absolute atomic E-state index is 0. The topological polar surface area (TPSA) is 46.0 Å². The first kappa shape index (κ1) is 20.3. The SMILES string of the molecule is Cc1c2cc[n+](COC(=O)c3ccccc3)cc2c(C)c2c1[nH]c1ccccc12.[I-]. The Labute approximate surface area is 191 Å². The van der Waals surface area contributed by atoms with E-state index in [1.807, 2.05) is 29.0 Å². The smallest absolute Gasteiger partial charge is 0.342 e. The van der Waals surface area contributed by atoms with Crippen LogP contribution in [0.25, 0.3) is 32.6 Å². The van der Waals surface area contributed by atoms with Gasteiger partial charge in [0, 0.05) is 27.7 Å². The van der Waals surface area contributed by atoms with Crippen molar-refractivity contribution in [3.8, 4) is 0 Å². The highest BCUT2D eigenvalue weighted by Crippen LogP contribution is 2.35. The molecule has 0 fully saturated rings. The summed E-state index contributed by atoms with van der Waals surface area (Å²) in [5, 5.41) is 4.85. The summed E-state index contributed by atoms with van der Waals surface area (Å²) >= 11 is 0. The van der Waals surface area contributed by atoms with Gasteiger partial charge in [-0.25, -0.2) is 4.79 Å². The Morgan fingerprint density at radius 3 is 2.43 bits per heavy atom. The van der Waals surface area contributed by atoms with Crippen molar-refractivity contribution in [2.45, 2.75) is 20.6 Å². The number of nitrogens with one attached hydrogen (secondary N) is 1. The Kier molecular flexibility index (Phi) is 5.47. The standard InChI is InChI=1S/C25H20N2O2.HI/c1-16-21-14-27(15-29-25(28)18-8-4-3-5-9-18)13-12-19(21)17(2)24-23(16)20-10-6-7-11-22(20)26-24;/h3-14H,15H2,1-2H3;1H. The summed E-state index contributed by atoms with van der Waals surface area (Å²) in [4.78, 5) is 15.8. The second kappa shape index (κ2) is 8.07. The van der Waals surface area contributed by atoms with Gasteiger partial charge < -0.3 is 33.7 Å². The summed E-state index contributed by atoms with van der Waals surface area (Å²) in [7, 11) is 0. The number of H-pyrrole nitrogens is 1. The monoisotopic (exact) mass is 508 g/mol. The number of hydrogen-bond donors (Lipinski definition) is 1. The van der Waals surface area contributed by atoms with Crippen molar-refractivity contribution in [1.82, 2.24) is 4.98 Å². The van der Waals surface area contributed by atoms with E-state index in [1.54, 1.807) is 12.1 Å². The lowest BCUT2D eigenvalue weighted by Gasteiger charge is -2.09. The van der Waals surface area contributed by atoms with Crippen LogP contribution in [0.5, 0.6) is 0 Å². The van der Waals surface area contributed by atoms with Gasteiger partial charge in [0.25, 0.3) is 6.73 Å². The summed E-state index contributed by atoms with van der Waals surface area (Å²) in [6, 6.07) is 19.6. The molecule has 0 saturated carbocycles. The van der Waals surface area contributed by atoms with Gasteiger partial charge in [-0.05, 0) is 48.6 Å². The predicted molar refractivity (Wildman–Crippen MR) is 115 cm³/mol. The molecule has 5 aromatic rings. The van der Waals surface area contributed by atoms with Gasteiger partial charge in [0.1, 0.15) is 0 Å². The number of aromatic nitrogens is 2. The largest absolute Gasteiger partial charge is 1.00 e. The van der Waals surface area contributed by atoms with Crippen molar-refractivity contribution in [2.75, 3.05) is 0 Å². The van der Waals surface area contributed by atoms with Crippen LogP contribution >= 0.6 is 0 Å². The van der Waals surface area contributed by atoms with Gasteiger partial charge in [0.05, 0.1) is 11.1 Å². The Balaban J connectivity index is 0.00000218. The number of fused-ring (bicyclic) bond motifs is 4. The second-order valence-corrected chi connectivity index (χ2v) is 7.38. The number of aryl methyl sites for hydroxylation is 2. The van der Waals surface area contributed by atoms with Gasteiger partial charge >= 0.3 is 5.97 Å². The summed E-state index contributed by atoms with van der Waals surface area (Å²) in [5.74, 6) is -0.321. The third kappa shape index (κ3) is 3.33. The van der Waals surface area contributed by atoms with Crippen LogP contribution in [0, 0.1) is 13.8 Å². The normalized spacial score (nSPS) is 11.0. The molecule has 150 valence electrons. The molecule has 2 heterocycles. The zero-order chi connectivity index (χ0) is 20.0. The minimum atomic E-state index is -0.321. The molecule has 5 rings (SSSR count). The van der Waals surface area contributed by atoms with Crippen molar-refractivity contribution in [3.05, 3.63) is 89.7 Å². The van der Waals surface area contributed by atoms with E-state index in [4.69, 9.17) is 4.74 Å². The van der Waals surface area contributed by atoms with E-state index in [0.29, 0.717) is 5.56 Å². The van der Waals surface area contributed by atoms with E-state index in [-0.39, 0.29) is 36.7 Å². The number of benzene rings is 3. The van der Waals surface area contributed by atoms with Crippen molar-refractivity contribution in [1.29, 1.82) is 0 Å². The quantitative estimate of drug-likeness (QED) is 0.231. The number of carbonyl (C=O) groups is 1. The molecule has 3 aromatic carbocycles. The van der Waals surface area contributed by atoms with Gasteiger partial charge in [-0.3, -0.25) is 0 Å². The Morgan fingerprint density at radius 2 is 1.63 bits per heavy atom. The van der Waals surface area contributed by atoms with Gasteiger partial charge in [0.15, 0.2) is 12.4 Å². The van der Waals surface area contributed by atoms with Gasteiger partial charge in [-0.15, -0.1) is 0 Å². The molecule has 0 unspecified atom stereocenters. The molecule has 0 spiro atoms. The third-order valence-electron chi connectivity index (χ3n) is 5.64. The molecule has 0 radical (unpaired) electrons. The Bertz CT molecular complexity index is 1390. The summed E-state index contributed by atoms with van der Waals surface area (Å²) in [6.07, 6.45) is 4.03. The second-order valence-electron chi connectivity index (χ2n) is 7.38. The fourth-order valence-corrected chi connectivity index (χ4v) is 4.12. The van der Waals surface area contributed by atoms with Crippen molar-refractivity contribution < 1.29 is 38.1 Å². The van der Waals surface area contributed by atoms with E-state index in [1.165, 1.54) is 32.8 Å². The van der Waals surface area contributed by atoms with Gasteiger partial charge in [-0.1, -0.05) is 36.4 Å². The maximum atomic E-state index is 12.2. The number of rotatable bonds is 3. The van der Waals surface area contributed by atoms with Crippen LogP contribution in [0.3, 0.4) is 0 Å². The molecule has 30 heavy (non-hydrogen) atoms. The van der Waals surface area contributed by atoms with Crippen LogP contribution in [0.1, 0.15) is 21.5 Å². The van der Waals surface area contributed by atoms with E-state index in [0.717, 1.165) is 10.9 Å². The van der Waals surface area contributed by atoms with E-state index in [2.05, 4.69) is 55.4 Å². The first-order valence-electron chi connectivity index (χ1n) is 9.68. The lowest BCUT2D eigenvalue weighted by molar-refractivity contribution is -0.726. The number of ether oxygens (including phenoxy) is 1. The molecule has 4 nitrogen and oxygen atoms in total. The van der Waals surface area contributed by atoms with Crippen LogP contribution in [-0.2, 0) is 11.5 Å². The fourth-order valence-electron chi connectivity index (χ4n) is 4.12. The lowest BCUT2D eigenvalue weighted by Crippen LogP contribution is -3.00. The molecule has 1 N–H and O–H groups in total. The molecule has 0 amide bonds. The van der Waals surface area contributed by atoms with E-state index < -0.39 is 0 Å². The van der Waals surface area contributed by atoms with Gasteiger partial charge in [0.2, 0.25) is 0 Å². The molecule has 0 bridgehead atoms.